The molecule has 0 amide bonds. The maximum absolute atomic E-state index is 11.4. The van der Waals surface area contributed by atoms with E-state index in [4.69, 9.17) is 0 Å². The molecule has 1 aliphatic rings. The number of Topliss-reactive ketones (excluding diaryl/α,β-unsaturated/α-hetero) is 1. The summed E-state index contributed by atoms with van der Waals surface area (Å²) in [5.41, 5.74) is 0. The SMILES string of the molecule is CC(C)C(=O)[C@@H]1CCCCN1. The predicted molar refractivity (Wildman–Crippen MR) is 45.5 cm³/mol. The van der Waals surface area contributed by atoms with Crippen LogP contribution in [0.5, 0.6) is 0 Å². The third-order valence-corrected chi connectivity index (χ3v) is 2.22. The molecule has 1 aliphatic heterocycles. The van der Waals surface area contributed by atoms with E-state index >= 15 is 0 Å². The van der Waals surface area contributed by atoms with Crippen LogP contribution in [0.1, 0.15) is 33.1 Å². The van der Waals surface area contributed by atoms with Gasteiger partial charge in [-0.3, -0.25) is 4.79 Å². The van der Waals surface area contributed by atoms with Gasteiger partial charge in [0.1, 0.15) is 0 Å². The van der Waals surface area contributed by atoms with Gasteiger partial charge < -0.3 is 5.32 Å². The Balaban J connectivity index is 2.39. The first kappa shape index (κ1) is 8.72. The van der Waals surface area contributed by atoms with Gasteiger partial charge in [-0.1, -0.05) is 20.3 Å². The van der Waals surface area contributed by atoms with Gasteiger partial charge in [-0.2, -0.15) is 0 Å². The second kappa shape index (κ2) is 3.86. The lowest BCUT2D eigenvalue weighted by molar-refractivity contribution is -0.124. The highest BCUT2D eigenvalue weighted by molar-refractivity contribution is 5.85. The zero-order chi connectivity index (χ0) is 8.27. The molecule has 0 aromatic carbocycles. The summed E-state index contributed by atoms with van der Waals surface area (Å²) in [6.07, 6.45) is 3.47. The molecule has 0 spiro atoms. The van der Waals surface area contributed by atoms with E-state index in [1.165, 1.54) is 12.8 Å². The van der Waals surface area contributed by atoms with Gasteiger partial charge in [-0.15, -0.1) is 0 Å². The van der Waals surface area contributed by atoms with Crippen molar-refractivity contribution >= 4 is 5.78 Å². The van der Waals surface area contributed by atoms with Gasteiger partial charge >= 0.3 is 0 Å². The van der Waals surface area contributed by atoms with Gasteiger partial charge in [0.25, 0.3) is 0 Å². The second-order valence-corrected chi connectivity index (χ2v) is 3.56. The van der Waals surface area contributed by atoms with Crippen LogP contribution in [-0.2, 0) is 4.79 Å². The number of piperidine rings is 1. The third kappa shape index (κ3) is 2.29. The molecule has 1 heterocycles. The number of nitrogens with one attached hydrogen (secondary N) is 1. The standard InChI is InChI=1S/C9H17NO/c1-7(2)9(11)8-5-3-4-6-10-8/h7-8,10H,3-6H2,1-2H3/t8-/m0/s1. The van der Waals surface area contributed by atoms with Crippen molar-refractivity contribution in [1.82, 2.24) is 5.32 Å². The molecule has 64 valence electrons. The maximum Gasteiger partial charge on any atom is 0.152 e. The molecule has 1 atom stereocenters. The smallest absolute Gasteiger partial charge is 0.152 e. The second-order valence-electron chi connectivity index (χ2n) is 3.56. The molecule has 1 fully saturated rings. The molecule has 2 nitrogen and oxygen atoms in total. The topological polar surface area (TPSA) is 29.1 Å². The highest BCUT2D eigenvalue weighted by Crippen LogP contribution is 2.11. The molecule has 0 bridgehead atoms. The lowest BCUT2D eigenvalue weighted by Gasteiger charge is -2.23. The number of hydrogen-bond acceptors (Lipinski definition) is 2. The van der Waals surface area contributed by atoms with Crippen molar-refractivity contribution in [3.05, 3.63) is 0 Å². The Kier molecular flexibility index (Phi) is 3.06. The van der Waals surface area contributed by atoms with E-state index in [1.807, 2.05) is 13.8 Å². The largest absolute Gasteiger partial charge is 0.307 e. The van der Waals surface area contributed by atoms with Crippen LogP contribution in [0.25, 0.3) is 0 Å². The molecule has 1 saturated heterocycles. The minimum absolute atomic E-state index is 0.156. The fourth-order valence-electron chi connectivity index (χ4n) is 1.50. The molecule has 2 heteroatoms. The quantitative estimate of drug-likeness (QED) is 0.652. The van der Waals surface area contributed by atoms with Crippen LogP contribution in [0.15, 0.2) is 0 Å². The average molecular weight is 155 g/mol. The summed E-state index contributed by atoms with van der Waals surface area (Å²) < 4.78 is 0. The first-order valence-electron chi connectivity index (χ1n) is 4.49. The van der Waals surface area contributed by atoms with Crippen molar-refractivity contribution in [3.63, 3.8) is 0 Å². The summed E-state index contributed by atoms with van der Waals surface area (Å²) in [4.78, 5) is 11.4. The van der Waals surface area contributed by atoms with Crippen LogP contribution >= 0.6 is 0 Å². The van der Waals surface area contributed by atoms with Crippen molar-refractivity contribution in [3.8, 4) is 0 Å². The zero-order valence-electron chi connectivity index (χ0n) is 7.39. The van der Waals surface area contributed by atoms with E-state index in [0.29, 0.717) is 5.78 Å². The minimum Gasteiger partial charge on any atom is -0.307 e. The number of carbonyl (C=O) groups is 1. The number of rotatable bonds is 2. The zero-order valence-corrected chi connectivity index (χ0v) is 7.39. The van der Waals surface area contributed by atoms with Crippen molar-refractivity contribution < 1.29 is 4.79 Å². The van der Waals surface area contributed by atoms with Gasteiger partial charge in [0.15, 0.2) is 5.78 Å². The summed E-state index contributed by atoms with van der Waals surface area (Å²) in [6.45, 7) is 4.96. The van der Waals surface area contributed by atoms with Crippen LogP contribution < -0.4 is 5.32 Å². The molecular formula is C9H17NO. The Bertz CT molecular complexity index is 136. The highest BCUT2D eigenvalue weighted by atomic mass is 16.1. The van der Waals surface area contributed by atoms with E-state index in [2.05, 4.69) is 5.32 Å². The van der Waals surface area contributed by atoms with Gasteiger partial charge in [0, 0.05) is 5.92 Å². The Morgan fingerprint density at radius 3 is 2.64 bits per heavy atom. The molecule has 0 unspecified atom stereocenters. The van der Waals surface area contributed by atoms with Crippen LogP contribution in [0.2, 0.25) is 0 Å². The fraction of sp³-hybridized carbons (Fsp3) is 0.889. The van der Waals surface area contributed by atoms with Crippen molar-refractivity contribution in [1.29, 1.82) is 0 Å². The first-order chi connectivity index (χ1) is 5.22. The summed E-state index contributed by atoms with van der Waals surface area (Å²) >= 11 is 0. The van der Waals surface area contributed by atoms with Crippen molar-refractivity contribution in [2.45, 2.75) is 39.2 Å². The predicted octanol–water partition coefficient (Wildman–Crippen LogP) is 1.35. The van der Waals surface area contributed by atoms with Crippen LogP contribution in [0.4, 0.5) is 0 Å². The lowest BCUT2D eigenvalue weighted by atomic mass is 9.95. The average Bonchev–Trinajstić information content (AvgIpc) is 2.05. The Morgan fingerprint density at radius 2 is 2.18 bits per heavy atom. The Hall–Kier alpha value is -0.370. The van der Waals surface area contributed by atoms with E-state index in [9.17, 15) is 4.79 Å². The van der Waals surface area contributed by atoms with Crippen LogP contribution in [0.3, 0.4) is 0 Å². The lowest BCUT2D eigenvalue weighted by Crippen LogP contribution is -2.42. The van der Waals surface area contributed by atoms with E-state index in [-0.39, 0.29) is 12.0 Å². The van der Waals surface area contributed by atoms with E-state index in [1.54, 1.807) is 0 Å². The van der Waals surface area contributed by atoms with E-state index < -0.39 is 0 Å². The molecule has 0 aromatic rings. The monoisotopic (exact) mass is 155 g/mol. The summed E-state index contributed by atoms with van der Waals surface area (Å²) in [5.74, 6) is 0.565. The number of carbonyl (C=O) groups excluding carboxylic acids is 1. The number of hydrogen-bond donors (Lipinski definition) is 1. The molecule has 0 aromatic heterocycles. The molecule has 0 radical (unpaired) electrons. The molecular weight excluding hydrogens is 138 g/mol. The van der Waals surface area contributed by atoms with Gasteiger partial charge in [-0.25, -0.2) is 0 Å². The van der Waals surface area contributed by atoms with E-state index in [0.717, 1.165) is 13.0 Å². The molecule has 1 rings (SSSR count). The van der Waals surface area contributed by atoms with Crippen LogP contribution in [0, 0.1) is 5.92 Å². The van der Waals surface area contributed by atoms with Crippen molar-refractivity contribution in [2.75, 3.05) is 6.54 Å². The Morgan fingerprint density at radius 1 is 1.45 bits per heavy atom. The molecule has 1 N–H and O–H groups in total. The number of ketones is 1. The van der Waals surface area contributed by atoms with Crippen molar-refractivity contribution in [2.24, 2.45) is 5.92 Å². The highest BCUT2D eigenvalue weighted by Gasteiger charge is 2.21. The maximum atomic E-state index is 11.4. The summed E-state index contributed by atoms with van der Waals surface area (Å²) in [5, 5.41) is 3.25. The molecule has 0 saturated carbocycles. The van der Waals surface area contributed by atoms with Gasteiger partial charge in [0.05, 0.1) is 6.04 Å². The summed E-state index contributed by atoms with van der Waals surface area (Å²) in [6, 6.07) is 0.156. The molecule has 0 aliphatic carbocycles. The normalized spacial score (nSPS) is 25.5. The summed E-state index contributed by atoms with van der Waals surface area (Å²) in [7, 11) is 0. The Labute approximate surface area is 68.4 Å². The fourth-order valence-corrected chi connectivity index (χ4v) is 1.50. The molecule has 11 heavy (non-hydrogen) atoms. The van der Waals surface area contributed by atoms with Gasteiger partial charge in [-0.05, 0) is 19.4 Å². The third-order valence-electron chi connectivity index (χ3n) is 2.22. The van der Waals surface area contributed by atoms with Crippen LogP contribution in [-0.4, -0.2) is 18.4 Å². The first-order valence-corrected chi connectivity index (χ1v) is 4.49. The van der Waals surface area contributed by atoms with Gasteiger partial charge in [0.2, 0.25) is 0 Å². The minimum atomic E-state index is 0.156.